The van der Waals surface area contributed by atoms with Gasteiger partial charge >= 0.3 is 0 Å². The normalized spacial score (nSPS) is 35.1. The molecular formula is C21H25N3O3. The zero-order chi connectivity index (χ0) is 18.6. The third kappa shape index (κ3) is 2.46. The van der Waals surface area contributed by atoms with Crippen molar-refractivity contribution >= 4 is 11.8 Å². The summed E-state index contributed by atoms with van der Waals surface area (Å²) in [6.45, 7) is 4.70. The number of likely N-dealkylation sites (N-methyl/N-ethyl adjacent to an activating group) is 1. The van der Waals surface area contributed by atoms with Crippen molar-refractivity contribution in [3.05, 3.63) is 42.2 Å². The standard InChI is InChI=1S/C21H25N3O3/c1-2-23-13-21-8-3-16(27-21)17(18(21)20(23)26)19(25)24-11-6-15(7-12-24)14-4-9-22-10-5-14/h3-5,8-10,15-18H,2,6-7,11-13H2,1H3/t16-,17-,18+,21+/m0/s1. The van der Waals surface area contributed by atoms with Crippen LogP contribution in [0.25, 0.3) is 0 Å². The molecule has 6 heteroatoms. The van der Waals surface area contributed by atoms with Gasteiger partial charge in [0.25, 0.3) is 0 Å². The number of amides is 2. The van der Waals surface area contributed by atoms with Crippen LogP contribution in [0.5, 0.6) is 0 Å². The second kappa shape index (κ2) is 6.16. The van der Waals surface area contributed by atoms with Gasteiger partial charge in [0.05, 0.1) is 24.5 Å². The second-order valence-corrected chi connectivity index (χ2v) is 8.13. The summed E-state index contributed by atoms with van der Waals surface area (Å²) in [6.07, 6.45) is 9.34. The predicted octanol–water partition coefficient (Wildman–Crippen LogP) is 1.59. The molecule has 5 rings (SSSR count). The first kappa shape index (κ1) is 16.9. The van der Waals surface area contributed by atoms with Crippen molar-refractivity contribution in [2.24, 2.45) is 11.8 Å². The smallest absolute Gasteiger partial charge is 0.230 e. The van der Waals surface area contributed by atoms with Crippen LogP contribution < -0.4 is 0 Å². The lowest BCUT2D eigenvalue weighted by Crippen LogP contribution is -2.48. The van der Waals surface area contributed by atoms with Crippen LogP contribution in [-0.2, 0) is 14.3 Å². The highest BCUT2D eigenvalue weighted by atomic mass is 16.5. The van der Waals surface area contributed by atoms with E-state index in [9.17, 15) is 9.59 Å². The van der Waals surface area contributed by atoms with E-state index in [2.05, 4.69) is 17.1 Å². The Morgan fingerprint density at radius 2 is 2.04 bits per heavy atom. The Kier molecular flexibility index (Phi) is 3.86. The van der Waals surface area contributed by atoms with Crippen LogP contribution in [0, 0.1) is 11.8 Å². The number of nitrogens with zero attached hydrogens (tertiary/aromatic N) is 3. The maximum absolute atomic E-state index is 13.3. The van der Waals surface area contributed by atoms with Gasteiger partial charge in [0.15, 0.2) is 0 Å². The van der Waals surface area contributed by atoms with E-state index in [1.807, 2.05) is 41.3 Å². The van der Waals surface area contributed by atoms with Gasteiger partial charge in [-0.2, -0.15) is 0 Å². The summed E-state index contributed by atoms with van der Waals surface area (Å²) in [5.74, 6) is -0.0669. The monoisotopic (exact) mass is 367 g/mol. The van der Waals surface area contributed by atoms with Gasteiger partial charge < -0.3 is 14.5 Å². The molecule has 4 atom stereocenters. The zero-order valence-electron chi connectivity index (χ0n) is 15.6. The third-order valence-corrected chi connectivity index (χ3v) is 6.83. The van der Waals surface area contributed by atoms with Crippen LogP contribution in [0.1, 0.15) is 31.2 Å². The van der Waals surface area contributed by atoms with E-state index >= 15 is 0 Å². The number of ether oxygens (including phenoxy) is 1. The van der Waals surface area contributed by atoms with E-state index in [0.29, 0.717) is 19.0 Å². The SMILES string of the molecule is CCN1C[C@@]23C=C[C@H](O2)[C@H](C(=O)N2CCC(c4ccncc4)CC2)[C@@H]3C1=O. The maximum atomic E-state index is 13.3. The molecule has 3 fully saturated rings. The summed E-state index contributed by atoms with van der Waals surface area (Å²) in [7, 11) is 0. The van der Waals surface area contributed by atoms with E-state index in [0.717, 1.165) is 25.9 Å². The topological polar surface area (TPSA) is 62.7 Å². The molecule has 27 heavy (non-hydrogen) atoms. The number of pyridine rings is 1. The summed E-state index contributed by atoms with van der Waals surface area (Å²) >= 11 is 0. The van der Waals surface area contributed by atoms with Crippen LogP contribution in [0.2, 0.25) is 0 Å². The molecule has 0 unspecified atom stereocenters. The molecule has 1 spiro atoms. The second-order valence-electron chi connectivity index (χ2n) is 8.13. The molecule has 1 aromatic heterocycles. The van der Waals surface area contributed by atoms with Gasteiger partial charge in [0.2, 0.25) is 11.8 Å². The highest BCUT2D eigenvalue weighted by molar-refractivity contribution is 5.93. The van der Waals surface area contributed by atoms with Crippen molar-refractivity contribution in [2.75, 3.05) is 26.2 Å². The summed E-state index contributed by atoms with van der Waals surface area (Å²) in [6, 6.07) is 4.13. The molecule has 5 heterocycles. The first-order valence-electron chi connectivity index (χ1n) is 9.97. The lowest BCUT2D eigenvalue weighted by atomic mass is 9.76. The van der Waals surface area contributed by atoms with Crippen LogP contribution in [0.15, 0.2) is 36.7 Å². The molecule has 2 amide bonds. The van der Waals surface area contributed by atoms with Crippen molar-refractivity contribution in [1.29, 1.82) is 0 Å². The Morgan fingerprint density at radius 3 is 2.74 bits per heavy atom. The molecule has 0 saturated carbocycles. The van der Waals surface area contributed by atoms with Gasteiger partial charge in [-0.05, 0) is 43.4 Å². The minimum absolute atomic E-state index is 0.0781. The third-order valence-electron chi connectivity index (χ3n) is 6.83. The number of hydrogen-bond donors (Lipinski definition) is 0. The Bertz CT molecular complexity index is 787. The van der Waals surface area contributed by atoms with Gasteiger partial charge in [0.1, 0.15) is 5.60 Å². The van der Waals surface area contributed by atoms with Gasteiger partial charge in [-0.3, -0.25) is 14.6 Å². The van der Waals surface area contributed by atoms with E-state index in [1.165, 1.54) is 5.56 Å². The number of likely N-dealkylation sites (tertiary alicyclic amines) is 2. The summed E-state index contributed by atoms with van der Waals surface area (Å²) < 4.78 is 6.17. The molecule has 0 aliphatic carbocycles. The molecule has 2 bridgehead atoms. The van der Waals surface area contributed by atoms with Crippen LogP contribution in [0.4, 0.5) is 0 Å². The molecule has 0 N–H and O–H groups in total. The number of carbonyl (C=O) groups is 2. The van der Waals surface area contributed by atoms with E-state index in [4.69, 9.17) is 4.74 Å². The first-order chi connectivity index (χ1) is 13.1. The molecule has 0 radical (unpaired) electrons. The van der Waals surface area contributed by atoms with Crippen molar-refractivity contribution < 1.29 is 14.3 Å². The number of rotatable bonds is 3. The largest absolute Gasteiger partial charge is 0.360 e. The molecule has 6 nitrogen and oxygen atoms in total. The number of fused-ring (bicyclic) bond motifs is 1. The molecule has 3 saturated heterocycles. The van der Waals surface area contributed by atoms with E-state index < -0.39 is 5.60 Å². The van der Waals surface area contributed by atoms with Crippen molar-refractivity contribution in [3.8, 4) is 0 Å². The minimum atomic E-state index is -0.576. The minimum Gasteiger partial charge on any atom is -0.360 e. The average molecular weight is 367 g/mol. The number of carbonyl (C=O) groups excluding carboxylic acids is 2. The van der Waals surface area contributed by atoms with Gasteiger partial charge in [-0.15, -0.1) is 0 Å². The Balaban J connectivity index is 1.31. The average Bonchev–Trinajstić information content (AvgIpc) is 3.36. The Hall–Kier alpha value is -2.21. The number of piperidine rings is 1. The number of hydrogen-bond acceptors (Lipinski definition) is 4. The van der Waals surface area contributed by atoms with Crippen molar-refractivity contribution in [2.45, 2.75) is 37.4 Å². The molecule has 142 valence electrons. The highest BCUT2D eigenvalue weighted by Crippen LogP contribution is 2.52. The van der Waals surface area contributed by atoms with Crippen molar-refractivity contribution in [3.63, 3.8) is 0 Å². The summed E-state index contributed by atoms with van der Waals surface area (Å²) in [5, 5.41) is 0. The van der Waals surface area contributed by atoms with Gasteiger partial charge in [-0.25, -0.2) is 0 Å². The van der Waals surface area contributed by atoms with Crippen LogP contribution in [0.3, 0.4) is 0 Å². The number of aromatic nitrogens is 1. The fourth-order valence-corrected chi connectivity index (χ4v) is 5.41. The zero-order valence-corrected chi connectivity index (χ0v) is 15.6. The molecular weight excluding hydrogens is 342 g/mol. The maximum Gasteiger partial charge on any atom is 0.230 e. The highest BCUT2D eigenvalue weighted by Gasteiger charge is 2.67. The predicted molar refractivity (Wildman–Crippen MR) is 98.8 cm³/mol. The van der Waals surface area contributed by atoms with E-state index in [-0.39, 0.29) is 29.8 Å². The Labute approximate surface area is 159 Å². The van der Waals surface area contributed by atoms with Gasteiger partial charge in [0, 0.05) is 32.0 Å². The van der Waals surface area contributed by atoms with Crippen LogP contribution >= 0.6 is 0 Å². The molecule has 4 aliphatic heterocycles. The lowest BCUT2D eigenvalue weighted by molar-refractivity contribution is -0.144. The fourth-order valence-electron chi connectivity index (χ4n) is 5.41. The molecule has 1 aromatic rings. The molecule has 0 aromatic carbocycles. The van der Waals surface area contributed by atoms with Crippen LogP contribution in [-0.4, -0.2) is 64.5 Å². The van der Waals surface area contributed by atoms with Crippen molar-refractivity contribution in [1.82, 2.24) is 14.8 Å². The fraction of sp³-hybridized carbons (Fsp3) is 0.571. The first-order valence-corrected chi connectivity index (χ1v) is 9.97. The summed E-state index contributed by atoms with van der Waals surface area (Å²) in [5.41, 5.74) is 0.722. The Morgan fingerprint density at radius 1 is 1.30 bits per heavy atom. The van der Waals surface area contributed by atoms with Gasteiger partial charge in [-0.1, -0.05) is 12.2 Å². The summed E-state index contributed by atoms with van der Waals surface area (Å²) in [4.78, 5) is 34.1. The van der Waals surface area contributed by atoms with E-state index in [1.54, 1.807) is 0 Å². The quantitative estimate of drug-likeness (QED) is 0.761. The molecule has 4 aliphatic rings. The lowest BCUT2D eigenvalue weighted by Gasteiger charge is -2.35.